The molecule has 0 aromatic heterocycles. The van der Waals surface area contributed by atoms with Gasteiger partial charge in [0, 0.05) is 15.1 Å². The molecule has 1 aromatic rings. The highest BCUT2D eigenvalue weighted by molar-refractivity contribution is 14.1. The van der Waals surface area contributed by atoms with Crippen LogP contribution in [0.25, 0.3) is 0 Å². The van der Waals surface area contributed by atoms with Crippen molar-refractivity contribution in [2.75, 3.05) is 18.4 Å². The molecule has 0 saturated carbocycles. The van der Waals surface area contributed by atoms with E-state index in [4.69, 9.17) is 11.6 Å². The van der Waals surface area contributed by atoms with Gasteiger partial charge in [0.15, 0.2) is 0 Å². The fraction of sp³-hybridized carbons (Fsp3) is 0.500. The summed E-state index contributed by atoms with van der Waals surface area (Å²) in [5.74, 6) is 0.113. The van der Waals surface area contributed by atoms with E-state index in [2.05, 4.69) is 40.1 Å². The van der Waals surface area contributed by atoms with Crippen molar-refractivity contribution < 1.29 is 4.79 Å². The lowest BCUT2D eigenvalue weighted by Crippen LogP contribution is -2.47. The molecule has 0 aliphatic carbocycles. The summed E-state index contributed by atoms with van der Waals surface area (Å²) in [7, 11) is 0. The molecule has 5 heteroatoms. The van der Waals surface area contributed by atoms with Crippen LogP contribution in [0.5, 0.6) is 0 Å². The first-order chi connectivity index (χ1) is 9.07. The van der Waals surface area contributed by atoms with Crippen molar-refractivity contribution in [3.05, 3.63) is 26.8 Å². The van der Waals surface area contributed by atoms with Crippen LogP contribution in [0.4, 0.5) is 5.69 Å². The van der Waals surface area contributed by atoms with Gasteiger partial charge in [-0.2, -0.15) is 0 Å². The fourth-order valence-electron chi connectivity index (χ4n) is 2.47. The largest absolute Gasteiger partial charge is 0.325 e. The van der Waals surface area contributed by atoms with Crippen molar-refractivity contribution in [2.24, 2.45) is 5.41 Å². The summed E-state index contributed by atoms with van der Waals surface area (Å²) in [6.45, 7) is 3.85. The van der Waals surface area contributed by atoms with Crippen molar-refractivity contribution in [1.29, 1.82) is 0 Å². The number of anilines is 1. The maximum Gasteiger partial charge on any atom is 0.231 e. The normalized spacial score (nSPS) is 23.1. The zero-order valence-electron chi connectivity index (χ0n) is 10.9. The van der Waals surface area contributed by atoms with Gasteiger partial charge >= 0.3 is 0 Å². The zero-order chi connectivity index (χ0) is 13.9. The summed E-state index contributed by atoms with van der Waals surface area (Å²) in [5, 5.41) is 7.07. The molecule has 1 aromatic carbocycles. The van der Waals surface area contributed by atoms with Crippen molar-refractivity contribution in [3.8, 4) is 0 Å². The van der Waals surface area contributed by atoms with Gasteiger partial charge in [-0.05, 0) is 66.6 Å². The van der Waals surface area contributed by atoms with Crippen LogP contribution in [0.15, 0.2) is 18.2 Å². The van der Waals surface area contributed by atoms with Crippen LogP contribution in [0.1, 0.15) is 26.2 Å². The standard InChI is InChI=1S/C14H18ClIN2O/c1-2-14(6-3-7-17-9-14)13(19)18-12-5-4-10(15)8-11(12)16/h4-5,8,17H,2-3,6-7,9H2,1H3,(H,18,19). The second-order valence-corrected chi connectivity index (χ2v) is 6.59. The van der Waals surface area contributed by atoms with Crippen molar-refractivity contribution in [3.63, 3.8) is 0 Å². The zero-order valence-corrected chi connectivity index (χ0v) is 13.8. The second-order valence-electron chi connectivity index (χ2n) is 4.99. The number of piperidine rings is 1. The minimum absolute atomic E-state index is 0.113. The number of carbonyl (C=O) groups is 1. The lowest BCUT2D eigenvalue weighted by atomic mass is 9.77. The third kappa shape index (κ3) is 3.41. The Morgan fingerprint density at radius 2 is 2.37 bits per heavy atom. The molecule has 3 nitrogen and oxygen atoms in total. The molecule has 0 bridgehead atoms. The van der Waals surface area contributed by atoms with Crippen LogP contribution in [0.3, 0.4) is 0 Å². The molecule has 0 radical (unpaired) electrons. The van der Waals surface area contributed by atoms with Crippen LogP contribution >= 0.6 is 34.2 Å². The molecular formula is C14H18ClIN2O. The summed E-state index contributed by atoms with van der Waals surface area (Å²) >= 11 is 8.12. The van der Waals surface area contributed by atoms with Gasteiger partial charge in [-0.1, -0.05) is 18.5 Å². The summed E-state index contributed by atoms with van der Waals surface area (Å²) < 4.78 is 0.966. The number of hydrogen-bond acceptors (Lipinski definition) is 2. The van der Waals surface area contributed by atoms with Crippen LogP contribution < -0.4 is 10.6 Å². The van der Waals surface area contributed by atoms with E-state index in [1.165, 1.54) is 0 Å². The number of nitrogens with one attached hydrogen (secondary N) is 2. The second kappa shape index (κ2) is 6.41. The minimum Gasteiger partial charge on any atom is -0.325 e. The van der Waals surface area contributed by atoms with E-state index >= 15 is 0 Å². The molecule has 1 aliphatic heterocycles. The highest BCUT2D eigenvalue weighted by atomic mass is 127. The molecule has 1 heterocycles. The van der Waals surface area contributed by atoms with Gasteiger partial charge in [0.25, 0.3) is 0 Å². The maximum absolute atomic E-state index is 12.6. The Bertz CT molecular complexity index is 473. The van der Waals surface area contributed by atoms with Crippen LogP contribution in [0, 0.1) is 8.99 Å². The summed E-state index contributed by atoms with van der Waals surface area (Å²) in [4.78, 5) is 12.6. The molecule has 19 heavy (non-hydrogen) atoms. The van der Waals surface area contributed by atoms with Gasteiger partial charge in [-0.15, -0.1) is 0 Å². The van der Waals surface area contributed by atoms with E-state index in [0.29, 0.717) is 5.02 Å². The Morgan fingerprint density at radius 3 is 2.95 bits per heavy atom. The number of halogens is 2. The van der Waals surface area contributed by atoms with Crippen molar-refractivity contribution in [1.82, 2.24) is 5.32 Å². The lowest BCUT2D eigenvalue weighted by molar-refractivity contribution is -0.126. The molecule has 1 amide bonds. The Labute approximate surface area is 132 Å². The molecule has 104 valence electrons. The number of rotatable bonds is 3. The third-order valence-electron chi connectivity index (χ3n) is 3.81. The van der Waals surface area contributed by atoms with Crippen molar-refractivity contribution in [2.45, 2.75) is 26.2 Å². The average Bonchev–Trinajstić information content (AvgIpc) is 2.42. The van der Waals surface area contributed by atoms with Crippen LogP contribution in [-0.4, -0.2) is 19.0 Å². The monoisotopic (exact) mass is 392 g/mol. The average molecular weight is 393 g/mol. The Balaban J connectivity index is 2.15. The minimum atomic E-state index is -0.277. The van der Waals surface area contributed by atoms with Gasteiger partial charge < -0.3 is 10.6 Å². The van der Waals surface area contributed by atoms with E-state index in [-0.39, 0.29) is 11.3 Å². The van der Waals surface area contributed by atoms with Crippen LogP contribution in [0.2, 0.25) is 5.02 Å². The quantitative estimate of drug-likeness (QED) is 0.771. The first-order valence-corrected chi connectivity index (χ1v) is 8.00. The van der Waals surface area contributed by atoms with E-state index < -0.39 is 0 Å². The van der Waals surface area contributed by atoms with Gasteiger partial charge in [-0.25, -0.2) is 0 Å². The molecule has 0 spiro atoms. The number of carbonyl (C=O) groups excluding carboxylic acids is 1. The maximum atomic E-state index is 12.6. The molecule has 1 atom stereocenters. The highest BCUT2D eigenvalue weighted by Gasteiger charge is 2.37. The number of hydrogen-bond donors (Lipinski definition) is 2. The number of benzene rings is 1. The summed E-state index contributed by atoms with van der Waals surface area (Å²) in [6, 6.07) is 5.52. The predicted molar refractivity (Wildman–Crippen MR) is 87.6 cm³/mol. The van der Waals surface area contributed by atoms with E-state index in [9.17, 15) is 4.79 Å². The summed E-state index contributed by atoms with van der Waals surface area (Å²) in [6.07, 6.45) is 2.86. The van der Waals surface area contributed by atoms with Crippen LogP contribution in [-0.2, 0) is 4.79 Å². The van der Waals surface area contributed by atoms with Gasteiger partial charge in [0.2, 0.25) is 5.91 Å². The molecule has 1 saturated heterocycles. The predicted octanol–water partition coefficient (Wildman–Crippen LogP) is 3.66. The van der Waals surface area contributed by atoms with E-state index in [1.54, 1.807) is 6.07 Å². The Hall–Kier alpha value is -0.330. The molecule has 1 aliphatic rings. The molecular weight excluding hydrogens is 375 g/mol. The smallest absolute Gasteiger partial charge is 0.231 e. The summed E-state index contributed by atoms with van der Waals surface area (Å²) in [5.41, 5.74) is 0.564. The fourth-order valence-corrected chi connectivity index (χ4v) is 3.48. The number of amides is 1. The molecule has 1 unspecified atom stereocenters. The Kier molecular flexibility index (Phi) is 5.09. The van der Waals surface area contributed by atoms with Gasteiger partial charge in [0.1, 0.15) is 0 Å². The first kappa shape index (κ1) is 15.1. The molecule has 2 N–H and O–H groups in total. The highest BCUT2D eigenvalue weighted by Crippen LogP contribution is 2.32. The first-order valence-electron chi connectivity index (χ1n) is 6.54. The topological polar surface area (TPSA) is 41.1 Å². The van der Waals surface area contributed by atoms with E-state index in [0.717, 1.165) is 41.6 Å². The van der Waals surface area contributed by atoms with E-state index in [1.807, 2.05) is 12.1 Å². The molecule has 2 rings (SSSR count). The van der Waals surface area contributed by atoms with Gasteiger partial charge in [0.05, 0.1) is 11.1 Å². The SMILES string of the molecule is CCC1(C(=O)Nc2ccc(Cl)cc2I)CCCNC1. The third-order valence-corrected chi connectivity index (χ3v) is 4.94. The Morgan fingerprint density at radius 1 is 1.58 bits per heavy atom. The van der Waals surface area contributed by atoms with Crippen molar-refractivity contribution >= 4 is 45.8 Å². The molecule has 1 fully saturated rings. The lowest BCUT2D eigenvalue weighted by Gasteiger charge is -2.35. The van der Waals surface area contributed by atoms with Gasteiger partial charge in [-0.3, -0.25) is 4.79 Å².